The van der Waals surface area contributed by atoms with E-state index in [9.17, 15) is 4.57 Å². The molecule has 5 aromatic rings. The third-order valence-electron chi connectivity index (χ3n) is 8.38. The minimum Gasteiger partial charge on any atom is -0.368 e. The van der Waals surface area contributed by atoms with Crippen molar-refractivity contribution in [1.82, 2.24) is 0 Å². The topological polar surface area (TPSA) is 72.5 Å². The van der Waals surface area contributed by atoms with Crippen molar-refractivity contribution in [3.05, 3.63) is 191 Å². The molecule has 1 aliphatic carbocycles. The van der Waals surface area contributed by atoms with Crippen molar-refractivity contribution in [2.75, 3.05) is 0 Å². The second kappa shape index (κ2) is 18.2. The predicted octanol–water partition coefficient (Wildman–Crippen LogP) is 9.63. The Balaban J connectivity index is 1.32. The molecule has 0 bridgehead atoms. The second-order valence-electron chi connectivity index (χ2n) is 12.2. The van der Waals surface area contributed by atoms with Crippen molar-refractivity contribution in [3.63, 3.8) is 0 Å². The highest BCUT2D eigenvalue weighted by Gasteiger charge is 2.46. The molecule has 4 atom stereocenters. The molecule has 6 rings (SSSR count). The third-order valence-corrected chi connectivity index (χ3v) is 9.77. The Hall–Kier alpha value is -4.17. The monoisotopic (exact) mass is 690 g/mol. The Morgan fingerprint density at radius 3 is 1.20 bits per heavy atom. The summed E-state index contributed by atoms with van der Waals surface area (Å²) >= 11 is 0. The van der Waals surface area contributed by atoms with E-state index >= 15 is 0 Å². The highest BCUT2D eigenvalue weighted by molar-refractivity contribution is 7.48. The van der Waals surface area contributed by atoms with Crippen molar-refractivity contribution in [1.29, 1.82) is 0 Å². The van der Waals surface area contributed by atoms with Crippen molar-refractivity contribution in [2.45, 2.75) is 64.4 Å². The van der Waals surface area contributed by atoms with E-state index in [-0.39, 0.29) is 19.8 Å². The number of ether oxygens (including phenoxy) is 3. The summed E-state index contributed by atoms with van der Waals surface area (Å²) in [6.07, 6.45) is -0.799. The molecule has 0 radical (unpaired) electrons. The summed E-state index contributed by atoms with van der Waals surface area (Å²) in [5.41, 5.74) is 5.56. The van der Waals surface area contributed by atoms with Crippen molar-refractivity contribution < 1.29 is 32.3 Å². The van der Waals surface area contributed by atoms with E-state index in [4.69, 9.17) is 27.8 Å². The average molecular weight is 691 g/mol. The number of phosphoric acid groups is 1. The third kappa shape index (κ3) is 10.4. The highest BCUT2D eigenvalue weighted by atomic mass is 31.2. The maximum atomic E-state index is 14.6. The van der Waals surface area contributed by atoms with Crippen LogP contribution in [0.3, 0.4) is 0 Å². The van der Waals surface area contributed by atoms with Gasteiger partial charge in [-0.25, -0.2) is 4.57 Å². The molecule has 258 valence electrons. The summed E-state index contributed by atoms with van der Waals surface area (Å²) in [5, 5.41) is 0. The fourth-order valence-electron chi connectivity index (χ4n) is 5.75. The van der Waals surface area contributed by atoms with Crippen molar-refractivity contribution in [2.24, 2.45) is 0 Å². The van der Waals surface area contributed by atoms with Gasteiger partial charge in [0.1, 0.15) is 24.4 Å². The van der Waals surface area contributed by atoms with E-state index in [1.165, 1.54) is 0 Å². The van der Waals surface area contributed by atoms with Crippen LogP contribution in [-0.4, -0.2) is 24.4 Å². The molecular formula is C42H43O7P. The van der Waals surface area contributed by atoms with Crippen LogP contribution in [0, 0.1) is 0 Å². The summed E-state index contributed by atoms with van der Waals surface area (Å²) in [5.74, 6) is 0. The van der Waals surface area contributed by atoms with Crippen LogP contribution in [0.4, 0.5) is 0 Å². The lowest BCUT2D eigenvalue weighted by molar-refractivity contribution is -0.170. The summed E-state index contributed by atoms with van der Waals surface area (Å²) in [7, 11) is -4.19. The molecule has 7 nitrogen and oxygen atoms in total. The second-order valence-corrected chi connectivity index (χ2v) is 13.8. The molecule has 1 aliphatic rings. The fourth-order valence-corrected chi connectivity index (χ4v) is 7.04. The van der Waals surface area contributed by atoms with Crippen molar-refractivity contribution >= 4 is 7.82 Å². The van der Waals surface area contributed by atoms with E-state index < -0.39 is 32.2 Å². The maximum Gasteiger partial charge on any atom is 0.476 e. The molecule has 0 saturated carbocycles. The van der Waals surface area contributed by atoms with Gasteiger partial charge >= 0.3 is 7.82 Å². The molecule has 5 aromatic carbocycles. The van der Waals surface area contributed by atoms with Gasteiger partial charge in [-0.15, -0.1) is 0 Å². The van der Waals surface area contributed by atoms with Crippen LogP contribution in [0.15, 0.2) is 163 Å². The molecule has 0 heterocycles. The number of hydrogen-bond acceptors (Lipinski definition) is 7. The van der Waals surface area contributed by atoms with Gasteiger partial charge in [0.2, 0.25) is 0 Å². The first kappa shape index (κ1) is 35.6. The minimum atomic E-state index is -4.19. The van der Waals surface area contributed by atoms with Crippen LogP contribution in [0.2, 0.25) is 0 Å². The summed E-state index contributed by atoms with van der Waals surface area (Å²) in [6, 6.07) is 48.9. The fraction of sp³-hybridized carbons (Fsp3) is 0.238. The van der Waals surface area contributed by atoms with Crippen LogP contribution in [0.5, 0.6) is 0 Å². The van der Waals surface area contributed by atoms with E-state index in [2.05, 4.69) is 0 Å². The molecule has 0 amide bonds. The Bertz CT molecular complexity index is 1740. The van der Waals surface area contributed by atoms with Crippen LogP contribution in [0.1, 0.15) is 34.7 Å². The standard InChI is InChI=1S/C42H43O7P/c1-33-27-39(49-50(43,47-31-37-23-13-5-14-24-37)48-32-38-25-15-6-16-26-38)41(45-29-35-19-9-3-10-20-35)42(46-30-36-21-11-4-12-22-36)40(33)44-28-34-17-7-2-8-18-34/h2-27,39-42H,28-32H2,1H3/t39-,40+,41+,42+/m0/s1. The minimum absolute atomic E-state index is 0.0363. The van der Waals surface area contributed by atoms with Crippen LogP contribution in [0.25, 0.3) is 0 Å². The average Bonchev–Trinajstić information content (AvgIpc) is 3.17. The largest absolute Gasteiger partial charge is 0.476 e. The van der Waals surface area contributed by atoms with Crippen LogP contribution >= 0.6 is 7.82 Å². The van der Waals surface area contributed by atoms with Crippen molar-refractivity contribution in [3.8, 4) is 0 Å². The lowest BCUT2D eigenvalue weighted by atomic mass is 9.89. The zero-order valence-electron chi connectivity index (χ0n) is 28.2. The van der Waals surface area contributed by atoms with Gasteiger partial charge in [-0.3, -0.25) is 13.6 Å². The number of rotatable bonds is 17. The van der Waals surface area contributed by atoms with Crippen LogP contribution < -0.4 is 0 Å². The van der Waals surface area contributed by atoms with Gasteiger partial charge in [-0.2, -0.15) is 0 Å². The number of hydrogen-bond donors (Lipinski definition) is 0. The van der Waals surface area contributed by atoms with Gasteiger partial charge in [0.25, 0.3) is 0 Å². The van der Waals surface area contributed by atoms with E-state index in [0.29, 0.717) is 13.2 Å². The lowest BCUT2D eigenvalue weighted by Crippen LogP contribution is -2.52. The Morgan fingerprint density at radius 1 is 0.460 bits per heavy atom. The molecule has 0 spiro atoms. The first-order valence-electron chi connectivity index (χ1n) is 16.8. The molecule has 0 unspecified atom stereocenters. The Morgan fingerprint density at radius 2 is 0.800 bits per heavy atom. The molecule has 0 N–H and O–H groups in total. The lowest BCUT2D eigenvalue weighted by Gasteiger charge is -2.41. The molecule has 50 heavy (non-hydrogen) atoms. The molecule has 0 aliphatic heterocycles. The summed E-state index contributed by atoms with van der Waals surface area (Å²) < 4.78 is 53.1. The molecule has 8 heteroatoms. The van der Waals surface area contributed by atoms with Gasteiger partial charge < -0.3 is 14.2 Å². The molecule has 0 saturated heterocycles. The number of phosphoric ester groups is 1. The van der Waals surface area contributed by atoms with Gasteiger partial charge in [-0.1, -0.05) is 158 Å². The number of benzene rings is 5. The predicted molar refractivity (Wildman–Crippen MR) is 194 cm³/mol. The zero-order valence-corrected chi connectivity index (χ0v) is 29.1. The first-order valence-corrected chi connectivity index (χ1v) is 18.3. The molecule has 0 fully saturated rings. The quantitative estimate of drug-likeness (QED) is 0.0711. The van der Waals surface area contributed by atoms with Gasteiger partial charge in [0.15, 0.2) is 0 Å². The smallest absolute Gasteiger partial charge is 0.368 e. The van der Waals surface area contributed by atoms with E-state index in [0.717, 1.165) is 33.4 Å². The van der Waals surface area contributed by atoms with E-state index in [1.807, 2.05) is 165 Å². The highest BCUT2D eigenvalue weighted by Crippen LogP contribution is 2.53. The Labute approximate surface area is 295 Å². The molecule has 0 aromatic heterocycles. The van der Waals surface area contributed by atoms with Crippen LogP contribution in [-0.2, 0) is 65.4 Å². The normalized spacial score (nSPS) is 19.2. The summed E-state index contributed by atoms with van der Waals surface area (Å²) in [4.78, 5) is 0. The SMILES string of the molecule is CC1=C[C@H](OP(=O)(OCc2ccccc2)OCc2ccccc2)[C@@H](OCc2ccccc2)[C@H](OCc2ccccc2)[C@@H]1OCc1ccccc1. The molecular weight excluding hydrogens is 647 g/mol. The first-order chi connectivity index (χ1) is 24.5. The van der Waals surface area contributed by atoms with E-state index in [1.54, 1.807) is 0 Å². The Kier molecular flexibility index (Phi) is 13.0. The maximum absolute atomic E-state index is 14.6. The van der Waals surface area contributed by atoms with Gasteiger partial charge in [0, 0.05) is 0 Å². The summed E-state index contributed by atoms with van der Waals surface area (Å²) in [6.45, 7) is 3.00. The zero-order chi connectivity index (χ0) is 34.4. The van der Waals surface area contributed by atoms with Gasteiger partial charge in [-0.05, 0) is 40.3 Å². The van der Waals surface area contributed by atoms with Gasteiger partial charge in [0.05, 0.1) is 33.0 Å².